The van der Waals surface area contributed by atoms with Crippen LogP contribution in [0.15, 0.2) is 94.1 Å². The maximum absolute atomic E-state index is 14.0. The van der Waals surface area contributed by atoms with Crippen molar-refractivity contribution in [3.8, 4) is 17.2 Å². The number of para-hydroxylation sites is 1. The van der Waals surface area contributed by atoms with Crippen LogP contribution in [0, 0.1) is 11.3 Å². The Morgan fingerprint density at radius 3 is 2.43 bits per heavy atom. The minimum Gasteiger partial charge on any atom is -0.492 e. The zero-order chi connectivity index (χ0) is 42.9. The number of allylic oxidation sites excluding steroid dienone is 1. The second-order valence-electron chi connectivity index (χ2n) is 17.0. The van der Waals surface area contributed by atoms with Crippen LogP contribution in [0.1, 0.15) is 61.9 Å². The van der Waals surface area contributed by atoms with Crippen molar-refractivity contribution < 1.29 is 27.4 Å². The van der Waals surface area contributed by atoms with Gasteiger partial charge >= 0.3 is 5.69 Å². The quantitative estimate of drug-likeness (QED) is 0.126. The molecule has 1 aromatic heterocycles. The lowest BCUT2D eigenvalue weighted by Gasteiger charge is -2.39. The molecule has 0 radical (unpaired) electrons. The van der Waals surface area contributed by atoms with Crippen molar-refractivity contribution >= 4 is 61.4 Å². The first-order valence-corrected chi connectivity index (χ1v) is 23.0. The number of ether oxygens (including phenoxy) is 3. The Morgan fingerprint density at radius 2 is 1.69 bits per heavy atom. The van der Waals surface area contributed by atoms with E-state index in [0.29, 0.717) is 48.3 Å². The number of benzene rings is 4. The molecule has 0 saturated carbocycles. The Bertz CT molecular complexity index is 2630. The van der Waals surface area contributed by atoms with Gasteiger partial charge < -0.3 is 24.1 Å². The highest BCUT2D eigenvalue weighted by atomic mass is 35.5. The SMILES string of the molecule is Cn1c(=O)[nH]c2cccc(Oc3cc(N4CCN(CC5=C(c6ccc(Cl)cc6)CC(C)(C)CC5)CC4)ccc3C(=O)NS(=O)(=O)c3ccc(OCC4CCOCC4)c(Cl)c3)c21. The second kappa shape index (κ2) is 17.9. The third-order valence-electron chi connectivity index (χ3n) is 12.1. The fourth-order valence-corrected chi connectivity index (χ4v) is 9.89. The first-order valence-electron chi connectivity index (χ1n) is 20.7. The van der Waals surface area contributed by atoms with E-state index < -0.39 is 15.9 Å². The average molecular weight is 889 g/mol. The first kappa shape index (κ1) is 42.9. The van der Waals surface area contributed by atoms with Crippen LogP contribution < -0.4 is 24.8 Å². The van der Waals surface area contributed by atoms with E-state index in [-0.39, 0.29) is 32.3 Å². The largest absolute Gasteiger partial charge is 0.492 e. The minimum atomic E-state index is -4.38. The molecule has 2 fully saturated rings. The highest BCUT2D eigenvalue weighted by Gasteiger charge is 2.30. The van der Waals surface area contributed by atoms with E-state index in [1.54, 1.807) is 37.4 Å². The molecule has 0 bridgehead atoms. The fraction of sp³-hybridized carbons (Fsp3) is 0.391. The molecule has 8 rings (SSSR count). The third kappa shape index (κ3) is 9.81. The minimum absolute atomic E-state index is 0.00657. The molecule has 15 heteroatoms. The number of nitrogens with zero attached hydrogens (tertiary/aromatic N) is 3. The highest BCUT2D eigenvalue weighted by Crippen LogP contribution is 2.43. The number of aryl methyl sites for hydroxylation is 1. The number of aromatic amines is 1. The van der Waals surface area contributed by atoms with Gasteiger partial charge in [-0.25, -0.2) is 17.9 Å². The molecule has 12 nitrogen and oxygen atoms in total. The summed E-state index contributed by atoms with van der Waals surface area (Å²) >= 11 is 12.7. The van der Waals surface area contributed by atoms with E-state index in [9.17, 15) is 18.0 Å². The van der Waals surface area contributed by atoms with Crippen molar-refractivity contribution in [3.05, 3.63) is 116 Å². The summed E-state index contributed by atoms with van der Waals surface area (Å²) in [5.74, 6) is 0.239. The third-order valence-corrected chi connectivity index (χ3v) is 14.0. The Hall–Kier alpha value is -4.79. The zero-order valence-corrected chi connectivity index (χ0v) is 37.0. The van der Waals surface area contributed by atoms with Gasteiger partial charge in [-0.05, 0) is 109 Å². The van der Waals surface area contributed by atoms with E-state index in [1.807, 2.05) is 18.2 Å². The number of halogens is 2. The van der Waals surface area contributed by atoms with Crippen LogP contribution in [0.2, 0.25) is 10.0 Å². The summed E-state index contributed by atoms with van der Waals surface area (Å²) in [6.45, 7) is 10.5. The van der Waals surface area contributed by atoms with Crippen LogP contribution in [0.3, 0.4) is 0 Å². The number of carbonyl (C=O) groups is 1. The lowest BCUT2D eigenvalue weighted by molar-refractivity contribution is 0.0497. The molecular weight excluding hydrogens is 838 g/mol. The highest BCUT2D eigenvalue weighted by molar-refractivity contribution is 7.90. The molecule has 61 heavy (non-hydrogen) atoms. The molecule has 1 amide bonds. The number of aromatic nitrogens is 2. The lowest BCUT2D eigenvalue weighted by atomic mass is 9.72. The van der Waals surface area contributed by atoms with Crippen LogP contribution in [-0.4, -0.2) is 81.3 Å². The van der Waals surface area contributed by atoms with Crippen molar-refractivity contribution in [1.29, 1.82) is 0 Å². The maximum atomic E-state index is 14.0. The summed E-state index contributed by atoms with van der Waals surface area (Å²) in [6.07, 6.45) is 4.96. The van der Waals surface area contributed by atoms with Gasteiger partial charge in [0.15, 0.2) is 5.75 Å². The number of carbonyl (C=O) groups excluding carboxylic acids is 1. The molecule has 322 valence electrons. The van der Waals surface area contributed by atoms with Gasteiger partial charge in [0, 0.05) is 69.8 Å². The molecule has 1 aliphatic carbocycles. The normalized spacial score (nSPS) is 17.8. The molecule has 5 aromatic rings. The van der Waals surface area contributed by atoms with Crippen LogP contribution in [0.4, 0.5) is 5.69 Å². The van der Waals surface area contributed by atoms with Gasteiger partial charge in [0.1, 0.15) is 17.0 Å². The number of rotatable bonds is 12. The zero-order valence-electron chi connectivity index (χ0n) is 34.6. The molecule has 0 spiro atoms. The lowest BCUT2D eigenvalue weighted by Crippen LogP contribution is -2.47. The van der Waals surface area contributed by atoms with Crippen LogP contribution in [0.5, 0.6) is 17.2 Å². The number of nitrogens with one attached hydrogen (secondary N) is 2. The number of imidazole rings is 1. The summed E-state index contributed by atoms with van der Waals surface area (Å²) in [5, 5.41) is 0.845. The molecule has 4 aromatic carbocycles. The number of hydrogen-bond acceptors (Lipinski definition) is 9. The van der Waals surface area contributed by atoms with Crippen LogP contribution >= 0.6 is 23.2 Å². The number of H-pyrrole nitrogens is 1. The van der Waals surface area contributed by atoms with Gasteiger partial charge in [-0.2, -0.15) is 0 Å². The Balaban J connectivity index is 1.02. The number of anilines is 1. The van der Waals surface area contributed by atoms with E-state index >= 15 is 0 Å². The standard InChI is InChI=1S/C46H51Cl2N5O7S/c1-46(2)18-15-32(37(27-46)31-7-9-33(47)10-8-31)28-52-19-21-53(22-20-52)34-11-13-36(42(25-34)60-41-6-4-5-39-43(41)51(3)45(55)49-39)44(54)50-61(56,57)35-12-14-40(38(48)26-35)59-29-30-16-23-58-24-17-30/h4-14,25-26,30H,15-24,27-29H2,1-3H3,(H,49,55)(H,50,54). The summed E-state index contributed by atoms with van der Waals surface area (Å²) in [5.41, 5.74) is 5.88. The Labute approximate surface area is 366 Å². The van der Waals surface area contributed by atoms with Crippen molar-refractivity contribution in [3.63, 3.8) is 0 Å². The monoisotopic (exact) mass is 887 g/mol. The van der Waals surface area contributed by atoms with Gasteiger partial charge in [-0.3, -0.25) is 14.3 Å². The number of amides is 1. The summed E-state index contributed by atoms with van der Waals surface area (Å²) in [6, 6.07) is 22.7. The summed E-state index contributed by atoms with van der Waals surface area (Å²) in [4.78, 5) is 33.9. The number of fused-ring (bicyclic) bond motifs is 1. The van der Waals surface area contributed by atoms with Gasteiger partial charge in [0.2, 0.25) is 0 Å². The molecule has 3 aliphatic rings. The van der Waals surface area contributed by atoms with Gasteiger partial charge in [-0.1, -0.05) is 60.8 Å². The van der Waals surface area contributed by atoms with Crippen molar-refractivity contribution in [1.82, 2.24) is 19.2 Å². The van der Waals surface area contributed by atoms with E-state index in [1.165, 1.54) is 39.5 Å². The van der Waals surface area contributed by atoms with Crippen molar-refractivity contribution in [2.24, 2.45) is 18.4 Å². The Morgan fingerprint density at radius 1 is 0.934 bits per heavy atom. The van der Waals surface area contributed by atoms with Gasteiger partial charge in [-0.15, -0.1) is 0 Å². The van der Waals surface area contributed by atoms with Crippen LogP contribution in [0.25, 0.3) is 16.6 Å². The molecule has 2 saturated heterocycles. The van der Waals surface area contributed by atoms with E-state index in [4.69, 9.17) is 37.4 Å². The molecule has 3 heterocycles. The average Bonchev–Trinajstić information content (AvgIpc) is 3.54. The van der Waals surface area contributed by atoms with E-state index in [0.717, 1.165) is 75.5 Å². The molecular formula is C46H51Cl2N5O7S. The van der Waals surface area contributed by atoms with Gasteiger partial charge in [0.25, 0.3) is 15.9 Å². The molecule has 0 unspecified atom stereocenters. The van der Waals surface area contributed by atoms with Crippen molar-refractivity contribution in [2.45, 2.75) is 50.8 Å². The predicted octanol–water partition coefficient (Wildman–Crippen LogP) is 8.68. The fourth-order valence-electron chi connectivity index (χ4n) is 8.47. The topological polar surface area (TPSA) is 135 Å². The molecule has 2 N–H and O–H groups in total. The molecule has 0 atom stereocenters. The summed E-state index contributed by atoms with van der Waals surface area (Å²) in [7, 11) is -2.75. The maximum Gasteiger partial charge on any atom is 0.326 e. The van der Waals surface area contributed by atoms with Crippen molar-refractivity contribution in [2.75, 3.05) is 57.4 Å². The first-order chi connectivity index (χ1) is 29.2. The smallest absolute Gasteiger partial charge is 0.326 e. The second-order valence-corrected chi connectivity index (χ2v) is 19.5. The predicted molar refractivity (Wildman–Crippen MR) is 240 cm³/mol. The molecule has 2 aliphatic heterocycles. The van der Waals surface area contributed by atoms with E-state index in [2.05, 4.69) is 45.5 Å². The van der Waals surface area contributed by atoms with Crippen LogP contribution in [-0.2, 0) is 21.8 Å². The number of hydrogen-bond donors (Lipinski definition) is 2. The van der Waals surface area contributed by atoms with Gasteiger partial charge in [0.05, 0.1) is 27.6 Å². The summed E-state index contributed by atoms with van der Waals surface area (Å²) < 4.78 is 48.8. The number of sulfonamides is 1. The Kier molecular flexibility index (Phi) is 12.6. The number of piperazine rings is 1.